The van der Waals surface area contributed by atoms with Gasteiger partial charge in [-0.1, -0.05) is 24.6 Å². The van der Waals surface area contributed by atoms with Crippen LogP contribution >= 0.6 is 23.8 Å². The molecule has 0 unspecified atom stereocenters. The smallest absolute Gasteiger partial charge is 0.335 e. The summed E-state index contributed by atoms with van der Waals surface area (Å²) in [6, 6.07) is 18.2. The number of carboxylic acids is 1. The monoisotopic (exact) mass is 576 g/mol. The fourth-order valence-electron chi connectivity index (χ4n) is 4.60. The highest BCUT2D eigenvalue weighted by molar-refractivity contribution is 7.80. The van der Waals surface area contributed by atoms with Crippen molar-refractivity contribution in [3.05, 3.63) is 95.0 Å². The van der Waals surface area contributed by atoms with Gasteiger partial charge in [0.15, 0.2) is 5.11 Å². The third-order valence-corrected chi connectivity index (χ3v) is 7.20. The van der Waals surface area contributed by atoms with Gasteiger partial charge in [0.1, 0.15) is 23.3 Å². The number of carboxylic acid groups (broad SMARTS) is 1. The Kier molecular flexibility index (Phi) is 7.72. The summed E-state index contributed by atoms with van der Waals surface area (Å²) in [6.07, 6.45) is 2.04. The van der Waals surface area contributed by atoms with Crippen LogP contribution in [0.2, 0.25) is 5.02 Å². The van der Waals surface area contributed by atoms with Crippen LogP contribution in [-0.2, 0) is 4.79 Å². The molecule has 2 aromatic carbocycles. The standard InChI is InChI=1S/C29H25ClN4O5S/c1-3-25(35)32-20-10-8-17(15-24(20)38-2)34-27(26(33-29(34)40)21-6-4-5-13-31-21)23-12-11-22(39-23)18-14-16(28(36)37)7-9-19(18)30/h4-15,26-27H,3H2,1-2H3,(H,32,35)(H,33,40)(H,36,37)/t26-,27-/m1/s1. The number of aromatic carboxylic acids is 1. The van der Waals surface area contributed by atoms with E-state index in [1.807, 2.05) is 35.2 Å². The fourth-order valence-corrected chi connectivity index (χ4v) is 5.15. The Morgan fingerprint density at radius 3 is 2.70 bits per heavy atom. The molecule has 1 saturated heterocycles. The van der Waals surface area contributed by atoms with Crippen LogP contribution in [0.15, 0.2) is 77.3 Å². The van der Waals surface area contributed by atoms with E-state index in [0.29, 0.717) is 50.8 Å². The number of ether oxygens (including phenoxy) is 1. The van der Waals surface area contributed by atoms with Gasteiger partial charge in [-0.2, -0.15) is 0 Å². The molecule has 204 valence electrons. The molecule has 0 aliphatic carbocycles. The molecule has 5 rings (SSSR count). The third-order valence-electron chi connectivity index (χ3n) is 6.55. The molecule has 11 heteroatoms. The van der Waals surface area contributed by atoms with Gasteiger partial charge in [0, 0.05) is 29.9 Å². The van der Waals surface area contributed by atoms with E-state index in [1.165, 1.54) is 25.3 Å². The molecule has 1 amide bonds. The number of rotatable bonds is 8. The first kappa shape index (κ1) is 27.2. The number of methoxy groups -OCH3 is 1. The van der Waals surface area contributed by atoms with Crippen LogP contribution in [0.3, 0.4) is 0 Å². The van der Waals surface area contributed by atoms with Crippen LogP contribution in [0, 0.1) is 0 Å². The summed E-state index contributed by atoms with van der Waals surface area (Å²) in [6.45, 7) is 1.77. The molecule has 1 fully saturated rings. The second-order valence-corrected chi connectivity index (χ2v) is 9.78. The van der Waals surface area contributed by atoms with Gasteiger partial charge in [-0.25, -0.2) is 4.79 Å². The Bertz CT molecular complexity index is 1590. The van der Waals surface area contributed by atoms with E-state index in [1.54, 1.807) is 31.3 Å². The van der Waals surface area contributed by atoms with Crippen LogP contribution < -0.4 is 20.3 Å². The summed E-state index contributed by atoms with van der Waals surface area (Å²) in [7, 11) is 1.53. The summed E-state index contributed by atoms with van der Waals surface area (Å²) in [4.78, 5) is 30.0. The number of furan rings is 1. The van der Waals surface area contributed by atoms with Crippen molar-refractivity contribution in [2.24, 2.45) is 0 Å². The van der Waals surface area contributed by atoms with Crippen molar-refractivity contribution in [3.8, 4) is 17.1 Å². The van der Waals surface area contributed by atoms with E-state index >= 15 is 0 Å². The van der Waals surface area contributed by atoms with E-state index in [0.717, 1.165) is 5.69 Å². The molecule has 1 aliphatic rings. The van der Waals surface area contributed by atoms with E-state index < -0.39 is 12.0 Å². The van der Waals surface area contributed by atoms with E-state index in [9.17, 15) is 14.7 Å². The maximum atomic E-state index is 12.0. The SMILES string of the molecule is CCC(=O)Nc1ccc(N2C(=S)N[C@H](c3ccccn3)[C@H]2c2ccc(-c3cc(C(=O)O)ccc3Cl)o2)cc1OC. The number of nitrogens with zero attached hydrogens (tertiary/aromatic N) is 2. The van der Waals surface area contributed by atoms with Gasteiger partial charge in [0.25, 0.3) is 0 Å². The van der Waals surface area contributed by atoms with Crippen LogP contribution in [0.5, 0.6) is 5.75 Å². The Labute approximate surface area is 240 Å². The second-order valence-electron chi connectivity index (χ2n) is 8.98. The minimum atomic E-state index is -1.07. The minimum absolute atomic E-state index is 0.0939. The number of halogens is 1. The lowest BCUT2D eigenvalue weighted by Gasteiger charge is -2.27. The fraction of sp³-hybridized carbons (Fsp3) is 0.172. The lowest BCUT2D eigenvalue weighted by molar-refractivity contribution is -0.115. The number of nitrogens with one attached hydrogen (secondary N) is 2. The molecule has 0 bridgehead atoms. The first-order valence-corrected chi connectivity index (χ1v) is 13.2. The number of hydrogen-bond donors (Lipinski definition) is 3. The third kappa shape index (κ3) is 5.23. The van der Waals surface area contributed by atoms with Crippen molar-refractivity contribution in [3.63, 3.8) is 0 Å². The van der Waals surface area contributed by atoms with Crippen molar-refractivity contribution >= 4 is 52.2 Å². The molecule has 9 nitrogen and oxygen atoms in total. The number of benzene rings is 2. The van der Waals surface area contributed by atoms with Gasteiger partial charge in [0.2, 0.25) is 5.91 Å². The van der Waals surface area contributed by atoms with E-state index in [2.05, 4.69) is 15.6 Å². The number of anilines is 2. The quantitative estimate of drug-likeness (QED) is 0.210. The number of amides is 1. The molecule has 0 radical (unpaired) electrons. The summed E-state index contributed by atoms with van der Waals surface area (Å²) in [5, 5.41) is 16.5. The largest absolute Gasteiger partial charge is 0.494 e. The number of pyridine rings is 1. The number of thiocarbonyl (C=S) groups is 1. The summed E-state index contributed by atoms with van der Waals surface area (Å²) in [5.41, 5.74) is 2.55. The molecule has 2 aromatic heterocycles. The van der Waals surface area contributed by atoms with Gasteiger partial charge in [0.05, 0.1) is 35.1 Å². The Morgan fingerprint density at radius 2 is 2.00 bits per heavy atom. The summed E-state index contributed by atoms with van der Waals surface area (Å²) < 4.78 is 11.9. The van der Waals surface area contributed by atoms with E-state index in [4.69, 9.17) is 33.0 Å². The molecule has 4 aromatic rings. The van der Waals surface area contributed by atoms with Crippen molar-refractivity contribution in [2.45, 2.75) is 25.4 Å². The second kappa shape index (κ2) is 11.4. The maximum absolute atomic E-state index is 12.0. The molecule has 3 heterocycles. The summed E-state index contributed by atoms with van der Waals surface area (Å²) in [5.74, 6) is 0.239. The highest BCUT2D eigenvalue weighted by atomic mass is 35.5. The van der Waals surface area contributed by atoms with E-state index in [-0.39, 0.29) is 17.5 Å². The molecular weight excluding hydrogens is 552 g/mol. The highest BCUT2D eigenvalue weighted by Gasteiger charge is 2.43. The van der Waals surface area contributed by atoms with Crippen LogP contribution in [0.4, 0.5) is 11.4 Å². The van der Waals surface area contributed by atoms with Crippen LogP contribution in [0.25, 0.3) is 11.3 Å². The van der Waals surface area contributed by atoms with Crippen molar-refractivity contribution < 1.29 is 23.8 Å². The van der Waals surface area contributed by atoms with Crippen LogP contribution in [0.1, 0.15) is 47.2 Å². The summed E-state index contributed by atoms with van der Waals surface area (Å²) >= 11 is 12.2. The maximum Gasteiger partial charge on any atom is 0.335 e. The predicted molar refractivity (Wildman–Crippen MR) is 156 cm³/mol. The minimum Gasteiger partial charge on any atom is -0.494 e. The lowest BCUT2D eigenvalue weighted by atomic mass is 10.0. The zero-order valence-corrected chi connectivity index (χ0v) is 23.1. The first-order valence-electron chi connectivity index (χ1n) is 12.4. The molecule has 1 aliphatic heterocycles. The number of carbonyl (C=O) groups excluding carboxylic acids is 1. The number of hydrogen-bond acceptors (Lipinski definition) is 6. The van der Waals surface area contributed by atoms with Crippen molar-refractivity contribution in [1.82, 2.24) is 10.3 Å². The van der Waals surface area contributed by atoms with Gasteiger partial charge < -0.3 is 29.8 Å². The highest BCUT2D eigenvalue weighted by Crippen LogP contribution is 2.45. The van der Waals surface area contributed by atoms with Gasteiger partial charge in [-0.3, -0.25) is 9.78 Å². The van der Waals surface area contributed by atoms with Gasteiger partial charge >= 0.3 is 5.97 Å². The molecule has 2 atom stereocenters. The normalized spacial score (nSPS) is 16.5. The van der Waals surface area contributed by atoms with Gasteiger partial charge in [-0.15, -0.1) is 0 Å². The zero-order valence-electron chi connectivity index (χ0n) is 21.6. The first-order chi connectivity index (χ1) is 19.3. The van der Waals surface area contributed by atoms with Crippen molar-refractivity contribution in [1.29, 1.82) is 0 Å². The molecule has 40 heavy (non-hydrogen) atoms. The number of aromatic nitrogens is 1. The van der Waals surface area contributed by atoms with Crippen LogP contribution in [-0.4, -0.2) is 34.2 Å². The Morgan fingerprint density at radius 1 is 1.18 bits per heavy atom. The number of carbonyl (C=O) groups is 2. The lowest BCUT2D eigenvalue weighted by Crippen LogP contribution is -2.29. The van der Waals surface area contributed by atoms with Gasteiger partial charge in [-0.05, 0) is 66.8 Å². The molecule has 3 N–H and O–H groups in total. The zero-order chi connectivity index (χ0) is 28.4. The Hall–Kier alpha value is -4.41. The predicted octanol–water partition coefficient (Wildman–Crippen LogP) is 6.23. The average molecular weight is 577 g/mol. The molecule has 0 saturated carbocycles. The molecule has 0 spiro atoms. The molecular formula is C29H25ClN4O5S. The van der Waals surface area contributed by atoms with Crippen molar-refractivity contribution in [2.75, 3.05) is 17.3 Å². The average Bonchev–Trinajstić information content (AvgIpc) is 3.58. The Balaban J connectivity index is 1.59. The topological polar surface area (TPSA) is 117 Å².